The normalized spacial score (nSPS) is 15.1. The lowest BCUT2D eigenvalue weighted by atomic mass is 10.0. The highest BCUT2D eigenvalue weighted by Crippen LogP contribution is 2.25. The zero-order valence-electron chi connectivity index (χ0n) is 11.8. The van der Waals surface area contributed by atoms with Crippen molar-refractivity contribution in [3.63, 3.8) is 0 Å². The van der Waals surface area contributed by atoms with Gasteiger partial charge in [-0.25, -0.2) is 13.1 Å². The Labute approximate surface area is 119 Å². The molecular formula is C14H20N2O3S. The second kappa shape index (κ2) is 5.93. The van der Waals surface area contributed by atoms with Crippen molar-refractivity contribution in [3.05, 3.63) is 23.8 Å². The first-order valence-corrected chi connectivity index (χ1v) is 8.29. The topological polar surface area (TPSA) is 75.3 Å². The predicted octanol–water partition coefficient (Wildman–Crippen LogP) is 1.90. The number of hydrogen-bond acceptors (Lipinski definition) is 3. The van der Waals surface area contributed by atoms with Crippen LogP contribution in [0.2, 0.25) is 0 Å². The Morgan fingerprint density at radius 2 is 2.05 bits per heavy atom. The molecule has 1 amide bonds. The highest BCUT2D eigenvalue weighted by atomic mass is 32.2. The van der Waals surface area contributed by atoms with Crippen molar-refractivity contribution in [1.82, 2.24) is 4.72 Å². The van der Waals surface area contributed by atoms with E-state index in [9.17, 15) is 13.2 Å². The molecule has 0 saturated carbocycles. The highest BCUT2D eigenvalue weighted by molar-refractivity contribution is 7.89. The van der Waals surface area contributed by atoms with Gasteiger partial charge in [0.1, 0.15) is 0 Å². The molecule has 0 fully saturated rings. The van der Waals surface area contributed by atoms with Crippen molar-refractivity contribution in [2.45, 2.75) is 38.0 Å². The number of aryl methyl sites for hydroxylation is 1. The average molecular weight is 296 g/mol. The average Bonchev–Trinajstić information content (AvgIpc) is 2.37. The van der Waals surface area contributed by atoms with Crippen molar-refractivity contribution in [2.75, 3.05) is 11.9 Å². The summed E-state index contributed by atoms with van der Waals surface area (Å²) in [5, 5.41) is 2.74. The summed E-state index contributed by atoms with van der Waals surface area (Å²) >= 11 is 0. The van der Waals surface area contributed by atoms with Crippen molar-refractivity contribution in [3.8, 4) is 0 Å². The van der Waals surface area contributed by atoms with Crippen LogP contribution in [-0.2, 0) is 21.2 Å². The minimum Gasteiger partial charge on any atom is -0.326 e. The highest BCUT2D eigenvalue weighted by Gasteiger charge is 2.19. The van der Waals surface area contributed by atoms with Crippen LogP contribution in [0, 0.1) is 5.92 Å². The summed E-state index contributed by atoms with van der Waals surface area (Å²) in [6.45, 7) is 4.54. The zero-order chi connectivity index (χ0) is 14.8. The summed E-state index contributed by atoms with van der Waals surface area (Å²) in [7, 11) is -3.47. The van der Waals surface area contributed by atoms with Crippen molar-refractivity contribution in [2.24, 2.45) is 5.92 Å². The lowest BCUT2D eigenvalue weighted by Crippen LogP contribution is -2.26. The maximum Gasteiger partial charge on any atom is 0.240 e. The number of sulfonamides is 1. The number of amides is 1. The fourth-order valence-electron chi connectivity index (χ4n) is 2.09. The van der Waals surface area contributed by atoms with Crippen LogP contribution in [-0.4, -0.2) is 20.9 Å². The Morgan fingerprint density at radius 1 is 1.30 bits per heavy atom. The van der Waals surface area contributed by atoms with Crippen LogP contribution in [0.4, 0.5) is 5.69 Å². The fourth-order valence-corrected chi connectivity index (χ4v) is 3.19. The van der Waals surface area contributed by atoms with Gasteiger partial charge in [-0.2, -0.15) is 0 Å². The van der Waals surface area contributed by atoms with Gasteiger partial charge in [0.2, 0.25) is 15.9 Å². The predicted molar refractivity (Wildman–Crippen MR) is 78.0 cm³/mol. The van der Waals surface area contributed by atoms with Crippen LogP contribution in [0.15, 0.2) is 23.1 Å². The lowest BCUT2D eigenvalue weighted by Gasteiger charge is -2.17. The van der Waals surface area contributed by atoms with Crippen LogP contribution in [0.25, 0.3) is 0 Å². The first kappa shape index (κ1) is 15.0. The van der Waals surface area contributed by atoms with E-state index in [1.165, 1.54) is 6.07 Å². The van der Waals surface area contributed by atoms with Gasteiger partial charge in [0, 0.05) is 18.7 Å². The van der Waals surface area contributed by atoms with E-state index in [4.69, 9.17) is 0 Å². The molecule has 2 rings (SSSR count). The lowest BCUT2D eigenvalue weighted by molar-refractivity contribution is -0.116. The van der Waals surface area contributed by atoms with Gasteiger partial charge >= 0.3 is 0 Å². The van der Waals surface area contributed by atoms with Crippen LogP contribution in [0.5, 0.6) is 0 Å². The van der Waals surface area contributed by atoms with E-state index in [0.29, 0.717) is 31.0 Å². The maximum absolute atomic E-state index is 12.2. The first-order chi connectivity index (χ1) is 9.38. The van der Waals surface area contributed by atoms with Gasteiger partial charge in [0.25, 0.3) is 0 Å². The molecule has 0 unspecified atom stereocenters. The second-order valence-electron chi connectivity index (χ2n) is 5.45. The molecule has 0 aromatic heterocycles. The van der Waals surface area contributed by atoms with Gasteiger partial charge in [-0.3, -0.25) is 4.79 Å². The van der Waals surface area contributed by atoms with Crippen LogP contribution < -0.4 is 10.0 Å². The van der Waals surface area contributed by atoms with Gasteiger partial charge in [0.15, 0.2) is 0 Å². The van der Waals surface area contributed by atoms with Crippen LogP contribution >= 0.6 is 0 Å². The molecule has 110 valence electrons. The molecule has 0 radical (unpaired) electrons. The molecule has 2 N–H and O–H groups in total. The molecule has 1 heterocycles. The Hall–Kier alpha value is -1.40. The number of anilines is 1. The third kappa shape index (κ3) is 3.58. The molecule has 0 aliphatic carbocycles. The largest absolute Gasteiger partial charge is 0.326 e. The molecule has 0 saturated heterocycles. The Morgan fingerprint density at radius 3 is 2.75 bits per heavy atom. The molecule has 1 aromatic rings. The molecule has 5 nitrogen and oxygen atoms in total. The number of benzene rings is 1. The van der Waals surface area contributed by atoms with Gasteiger partial charge < -0.3 is 5.32 Å². The van der Waals surface area contributed by atoms with E-state index >= 15 is 0 Å². The first-order valence-electron chi connectivity index (χ1n) is 6.81. The molecule has 0 bridgehead atoms. The monoisotopic (exact) mass is 296 g/mol. The Balaban J connectivity index is 2.14. The number of carbonyl (C=O) groups excluding carboxylic acids is 1. The number of rotatable bonds is 5. The molecule has 20 heavy (non-hydrogen) atoms. The van der Waals surface area contributed by atoms with Gasteiger partial charge in [-0.05, 0) is 42.5 Å². The summed E-state index contributed by atoms with van der Waals surface area (Å²) in [6, 6.07) is 4.83. The summed E-state index contributed by atoms with van der Waals surface area (Å²) in [6.07, 6.45) is 1.79. The molecule has 1 aliphatic rings. The van der Waals surface area contributed by atoms with E-state index < -0.39 is 10.0 Å². The molecule has 6 heteroatoms. The molecule has 0 atom stereocenters. The minimum absolute atomic E-state index is 0.0248. The standard InChI is InChI=1S/C14H20N2O3S/c1-10(2)7-8-15-20(18,19)12-4-5-13-11(9-12)3-6-14(17)16-13/h4-5,9-10,15H,3,6-8H2,1-2H3,(H,16,17). The molecular weight excluding hydrogens is 276 g/mol. The number of carbonyl (C=O) groups is 1. The summed E-state index contributed by atoms with van der Waals surface area (Å²) in [5.74, 6) is 0.430. The molecule has 1 aromatic carbocycles. The third-order valence-corrected chi connectivity index (χ3v) is 4.75. The van der Waals surface area contributed by atoms with Crippen molar-refractivity contribution >= 4 is 21.6 Å². The van der Waals surface area contributed by atoms with Gasteiger partial charge in [-0.1, -0.05) is 13.8 Å². The number of fused-ring (bicyclic) bond motifs is 1. The fraction of sp³-hybridized carbons (Fsp3) is 0.500. The van der Waals surface area contributed by atoms with Gasteiger partial charge in [-0.15, -0.1) is 0 Å². The summed E-state index contributed by atoms with van der Waals surface area (Å²) in [5.41, 5.74) is 1.58. The third-order valence-electron chi connectivity index (χ3n) is 3.30. The van der Waals surface area contributed by atoms with E-state index in [1.54, 1.807) is 12.1 Å². The second-order valence-corrected chi connectivity index (χ2v) is 7.21. The smallest absolute Gasteiger partial charge is 0.240 e. The van der Waals surface area contributed by atoms with Crippen molar-refractivity contribution in [1.29, 1.82) is 0 Å². The number of hydrogen-bond donors (Lipinski definition) is 2. The van der Waals surface area contributed by atoms with E-state index in [0.717, 1.165) is 12.0 Å². The van der Waals surface area contributed by atoms with E-state index in [-0.39, 0.29) is 10.8 Å². The summed E-state index contributed by atoms with van der Waals surface area (Å²) in [4.78, 5) is 11.5. The molecule has 1 aliphatic heterocycles. The SMILES string of the molecule is CC(C)CCNS(=O)(=O)c1ccc2c(c1)CCC(=O)N2. The van der Waals surface area contributed by atoms with Crippen LogP contribution in [0.1, 0.15) is 32.3 Å². The van der Waals surface area contributed by atoms with E-state index in [1.807, 2.05) is 0 Å². The number of nitrogens with one attached hydrogen (secondary N) is 2. The molecule has 0 spiro atoms. The minimum atomic E-state index is -3.47. The maximum atomic E-state index is 12.2. The Bertz CT molecular complexity index is 609. The Kier molecular flexibility index (Phi) is 4.45. The van der Waals surface area contributed by atoms with Crippen molar-refractivity contribution < 1.29 is 13.2 Å². The summed E-state index contributed by atoms with van der Waals surface area (Å²) < 4.78 is 26.9. The van der Waals surface area contributed by atoms with Gasteiger partial charge in [0.05, 0.1) is 4.90 Å². The van der Waals surface area contributed by atoms with Crippen LogP contribution in [0.3, 0.4) is 0 Å². The van der Waals surface area contributed by atoms with E-state index in [2.05, 4.69) is 23.9 Å². The zero-order valence-corrected chi connectivity index (χ0v) is 12.6. The quantitative estimate of drug-likeness (QED) is 0.871.